The molecule has 3 aliphatic rings. The predicted molar refractivity (Wildman–Crippen MR) is 115 cm³/mol. The second-order valence-electron chi connectivity index (χ2n) is 10.0. The third-order valence-corrected chi connectivity index (χ3v) is 6.45. The minimum absolute atomic E-state index is 0.117. The fourth-order valence-corrected chi connectivity index (χ4v) is 5.12. The van der Waals surface area contributed by atoms with Crippen molar-refractivity contribution in [2.24, 2.45) is 0 Å². The molecule has 7 nitrogen and oxygen atoms in total. The van der Waals surface area contributed by atoms with Crippen LogP contribution in [0.1, 0.15) is 77.7 Å². The van der Waals surface area contributed by atoms with Gasteiger partial charge in [0, 0.05) is 24.3 Å². The summed E-state index contributed by atoms with van der Waals surface area (Å²) in [4.78, 5) is 18.8. The molecule has 1 aromatic rings. The molecule has 1 amide bonds. The summed E-state index contributed by atoms with van der Waals surface area (Å²) in [7, 11) is 0. The summed E-state index contributed by atoms with van der Waals surface area (Å²) in [5, 5.41) is 9.02. The summed E-state index contributed by atoms with van der Waals surface area (Å²) < 4.78 is 18.1. The summed E-state index contributed by atoms with van der Waals surface area (Å²) >= 11 is 0. The molecule has 3 heterocycles. The third kappa shape index (κ3) is 5.48. The van der Waals surface area contributed by atoms with Crippen LogP contribution in [0.2, 0.25) is 0 Å². The van der Waals surface area contributed by atoms with E-state index in [-0.39, 0.29) is 36.5 Å². The van der Waals surface area contributed by atoms with Crippen molar-refractivity contribution in [3.05, 3.63) is 23.9 Å². The van der Waals surface area contributed by atoms with Crippen LogP contribution in [0, 0.1) is 11.3 Å². The lowest BCUT2D eigenvalue weighted by Crippen LogP contribution is -2.50. The summed E-state index contributed by atoms with van der Waals surface area (Å²) in [6.07, 6.45) is 9.67. The van der Waals surface area contributed by atoms with Gasteiger partial charge in [-0.2, -0.15) is 5.26 Å². The average Bonchev–Trinajstić information content (AvgIpc) is 2.99. The van der Waals surface area contributed by atoms with Crippen LogP contribution >= 0.6 is 0 Å². The highest BCUT2D eigenvalue weighted by molar-refractivity contribution is 5.69. The molecule has 0 spiro atoms. The summed E-state index contributed by atoms with van der Waals surface area (Å²) in [6, 6.07) is 5.95. The van der Waals surface area contributed by atoms with E-state index in [1.165, 1.54) is 0 Å². The molecule has 1 saturated carbocycles. The van der Waals surface area contributed by atoms with Gasteiger partial charge in [-0.15, -0.1) is 0 Å². The summed E-state index contributed by atoms with van der Waals surface area (Å²) in [6.45, 7) is 5.75. The van der Waals surface area contributed by atoms with Gasteiger partial charge in [-0.05, 0) is 78.2 Å². The highest BCUT2D eigenvalue weighted by Crippen LogP contribution is 2.39. The molecular weight excluding hydrogens is 394 g/mol. The van der Waals surface area contributed by atoms with E-state index in [2.05, 4.69) is 11.1 Å². The van der Waals surface area contributed by atoms with Crippen LogP contribution in [0.15, 0.2) is 18.3 Å². The van der Waals surface area contributed by atoms with Gasteiger partial charge in [0.25, 0.3) is 0 Å². The molecule has 2 bridgehead atoms. The van der Waals surface area contributed by atoms with Gasteiger partial charge in [0.1, 0.15) is 11.7 Å². The largest absolute Gasteiger partial charge is 0.474 e. The van der Waals surface area contributed by atoms with E-state index in [1.807, 2.05) is 25.7 Å². The van der Waals surface area contributed by atoms with Gasteiger partial charge >= 0.3 is 6.09 Å². The Morgan fingerprint density at radius 2 is 1.71 bits per heavy atom. The molecule has 0 unspecified atom stereocenters. The highest BCUT2D eigenvalue weighted by Gasteiger charge is 2.45. The fraction of sp³-hybridized carbons (Fsp3) is 0.708. The molecule has 4 rings (SSSR count). The Balaban J connectivity index is 1.24. The van der Waals surface area contributed by atoms with E-state index in [4.69, 9.17) is 19.5 Å². The van der Waals surface area contributed by atoms with Crippen molar-refractivity contribution in [3.63, 3.8) is 0 Å². The Labute approximate surface area is 184 Å². The number of nitrogens with zero attached hydrogens (tertiary/aromatic N) is 3. The van der Waals surface area contributed by atoms with E-state index < -0.39 is 5.60 Å². The maximum atomic E-state index is 12.6. The molecule has 3 atom stereocenters. The number of aromatic nitrogens is 1. The number of hydrogen-bond donors (Lipinski definition) is 0. The van der Waals surface area contributed by atoms with Gasteiger partial charge in [-0.25, -0.2) is 9.78 Å². The van der Waals surface area contributed by atoms with Crippen molar-refractivity contribution < 1.29 is 19.0 Å². The topological polar surface area (TPSA) is 84.7 Å². The van der Waals surface area contributed by atoms with E-state index >= 15 is 0 Å². The molecule has 1 aliphatic carbocycles. The number of carbonyl (C=O) groups is 1. The lowest BCUT2D eigenvalue weighted by atomic mass is 9.93. The normalized spacial score (nSPS) is 30.5. The zero-order valence-corrected chi connectivity index (χ0v) is 18.8. The minimum atomic E-state index is -0.462. The second kappa shape index (κ2) is 9.04. The maximum absolute atomic E-state index is 12.6. The maximum Gasteiger partial charge on any atom is 0.410 e. The number of carbonyl (C=O) groups excluding carboxylic acids is 1. The SMILES string of the molecule is CC(C)(C)OC(=O)N1[C@@H]2CC[C@H]1C[C@H](O[C@H]1CC[C@H](Oc3cc(C#N)ccn3)CC1)C2. The van der Waals surface area contributed by atoms with Gasteiger partial charge in [0.05, 0.1) is 23.8 Å². The van der Waals surface area contributed by atoms with Crippen molar-refractivity contribution >= 4 is 6.09 Å². The molecule has 3 fully saturated rings. The molecule has 0 aromatic carbocycles. The minimum Gasteiger partial charge on any atom is -0.474 e. The molecule has 0 radical (unpaired) electrons. The average molecular weight is 428 g/mol. The van der Waals surface area contributed by atoms with Crippen LogP contribution in [0.5, 0.6) is 5.88 Å². The third-order valence-electron chi connectivity index (χ3n) is 6.45. The van der Waals surface area contributed by atoms with Gasteiger partial charge in [0.2, 0.25) is 5.88 Å². The Hall–Kier alpha value is -2.33. The van der Waals surface area contributed by atoms with Crippen LogP contribution in [0.25, 0.3) is 0 Å². The number of nitriles is 1. The van der Waals surface area contributed by atoms with E-state index in [9.17, 15) is 4.79 Å². The van der Waals surface area contributed by atoms with Crippen LogP contribution < -0.4 is 4.74 Å². The quantitative estimate of drug-likeness (QED) is 0.699. The first-order chi connectivity index (χ1) is 14.8. The van der Waals surface area contributed by atoms with Crippen molar-refractivity contribution in [2.75, 3.05) is 0 Å². The molecule has 2 saturated heterocycles. The van der Waals surface area contributed by atoms with Gasteiger partial charge in [-0.3, -0.25) is 0 Å². The second-order valence-corrected chi connectivity index (χ2v) is 10.0. The monoisotopic (exact) mass is 427 g/mol. The number of hydrogen-bond acceptors (Lipinski definition) is 6. The number of fused-ring (bicyclic) bond motifs is 2. The smallest absolute Gasteiger partial charge is 0.410 e. The lowest BCUT2D eigenvalue weighted by Gasteiger charge is -2.41. The van der Waals surface area contributed by atoms with E-state index in [0.717, 1.165) is 51.4 Å². The number of piperidine rings is 1. The van der Waals surface area contributed by atoms with Crippen LogP contribution in [-0.4, -0.2) is 52.0 Å². The summed E-state index contributed by atoms with van der Waals surface area (Å²) in [5.74, 6) is 0.523. The summed E-state index contributed by atoms with van der Waals surface area (Å²) in [5.41, 5.74) is 0.102. The number of pyridine rings is 1. The number of amides is 1. The Morgan fingerprint density at radius 3 is 2.32 bits per heavy atom. The first kappa shape index (κ1) is 21.9. The lowest BCUT2D eigenvalue weighted by molar-refractivity contribution is -0.0814. The first-order valence-corrected chi connectivity index (χ1v) is 11.5. The Bertz CT molecular complexity index is 809. The van der Waals surface area contributed by atoms with Crippen LogP contribution in [0.3, 0.4) is 0 Å². The van der Waals surface area contributed by atoms with Crippen LogP contribution in [0.4, 0.5) is 4.79 Å². The molecule has 31 heavy (non-hydrogen) atoms. The molecule has 168 valence electrons. The zero-order chi connectivity index (χ0) is 22.0. The zero-order valence-electron chi connectivity index (χ0n) is 18.8. The van der Waals surface area contributed by atoms with Crippen LogP contribution in [-0.2, 0) is 9.47 Å². The molecule has 7 heteroatoms. The van der Waals surface area contributed by atoms with Gasteiger partial charge in [-0.1, -0.05) is 0 Å². The first-order valence-electron chi connectivity index (χ1n) is 11.5. The van der Waals surface area contributed by atoms with Gasteiger partial charge in [0.15, 0.2) is 0 Å². The fourth-order valence-electron chi connectivity index (χ4n) is 5.12. The number of rotatable bonds is 4. The van der Waals surface area contributed by atoms with E-state index in [0.29, 0.717) is 11.4 Å². The number of ether oxygens (including phenoxy) is 3. The van der Waals surface area contributed by atoms with Gasteiger partial charge < -0.3 is 19.1 Å². The van der Waals surface area contributed by atoms with Crippen molar-refractivity contribution in [2.45, 2.75) is 108 Å². The molecule has 0 N–H and O–H groups in total. The predicted octanol–water partition coefficient (Wildman–Crippen LogP) is 4.59. The molecule has 1 aromatic heterocycles. The van der Waals surface area contributed by atoms with E-state index in [1.54, 1.807) is 18.3 Å². The Kier molecular flexibility index (Phi) is 6.38. The van der Waals surface area contributed by atoms with Crippen molar-refractivity contribution in [1.29, 1.82) is 5.26 Å². The highest BCUT2D eigenvalue weighted by atomic mass is 16.6. The molecular formula is C24H33N3O4. The van der Waals surface area contributed by atoms with Crippen molar-refractivity contribution in [1.82, 2.24) is 9.88 Å². The molecule has 2 aliphatic heterocycles. The standard InChI is InChI=1S/C24H33N3O4/c1-24(2,3)31-23(28)27-17-4-5-18(27)14-21(13-17)29-19-6-8-20(9-7-19)30-22-12-16(15-25)10-11-26-22/h10-12,17-21H,4-9,13-14H2,1-3H3/t17-,18+,19-,20-,21-. The van der Waals surface area contributed by atoms with Crippen molar-refractivity contribution in [3.8, 4) is 11.9 Å². The Morgan fingerprint density at radius 1 is 1.06 bits per heavy atom.